The highest BCUT2D eigenvalue weighted by molar-refractivity contribution is 7.89. The van der Waals surface area contributed by atoms with Gasteiger partial charge in [0.15, 0.2) is 0 Å². The number of hydrogen-bond acceptors (Lipinski definition) is 3. The van der Waals surface area contributed by atoms with Crippen LogP contribution >= 0.6 is 0 Å². The number of rotatable bonds is 6. The van der Waals surface area contributed by atoms with E-state index in [1.807, 2.05) is 0 Å². The Hall–Kier alpha value is -1.47. The summed E-state index contributed by atoms with van der Waals surface area (Å²) in [5.41, 5.74) is 0.835. The second kappa shape index (κ2) is 6.34. The first-order valence-corrected chi connectivity index (χ1v) is 8.74. The van der Waals surface area contributed by atoms with Crippen molar-refractivity contribution in [1.82, 2.24) is 9.21 Å². The molecule has 2 rings (SSSR count). The largest absolute Gasteiger partial charge is 0.338 e. The summed E-state index contributed by atoms with van der Waals surface area (Å²) >= 11 is 0. The van der Waals surface area contributed by atoms with Crippen molar-refractivity contribution in [1.29, 1.82) is 0 Å². The molecule has 0 saturated heterocycles. The highest BCUT2D eigenvalue weighted by Gasteiger charge is 2.37. The van der Waals surface area contributed by atoms with Crippen LogP contribution < -0.4 is 0 Å². The summed E-state index contributed by atoms with van der Waals surface area (Å²) in [6.07, 6.45) is 1.97. The average Bonchev–Trinajstić information content (AvgIpc) is 3.25. The smallest absolute Gasteiger partial charge is 0.239 e. The van der Waals surface area contributed by atoms with E-state index in [-0.39, 0.29) is 11.9 Å². The highest BCUT2D eigenvalue weighted by Crippen LogP contribution is 2.44. The third-order valence-corrected chi connectivity index (χ3v) is 5.68. The van der Waals surface area contributed by atoms with Gasteiger partial charge in [-0.2, -0.15) is 0 Å². The SMILES string of the molecule is CN(C(=O)CS(=O)(=O)N(C)C)C(c1ccc(F)cc1)C1CC1. The molecule has 0 aliphatic heterocycles. The first kappa shape index (κ1) is 16.9. The number of halogens is 1. The van der Waals surface area contributed by atoms with E-state index < -0.39 is 21.7 Å². The Labute approximate surface area is 130 Å². The van der Waals surface area contributed by atoms with Crippen LogP contribution in [0.5, 0.6) is 0 Å². The Morgan fingerprint density at radius 2 is 1.77 bits per heavy atom. The Bertz CT molecular complexity index is 639. The van der Waals surface area contributed by atoms with Gasteiger partial charge in [0, 0.05) is 21.1 Å². The Morgan fingerprint density at radius 1 is 1.23 bits per heavy atom. The van der Waals surface area contributed by atoms with Crippen LogP contribution in [0.25, 0.3) is 0 Å². The molecule has 5 nitrogen and oxygen atoms in total. The molecular weight excluding hydrogens is 307 g/mol. The van der Waals surface area contributed by atoms with Crippen LogP contribution in [-0.4, -0.2) is 50.4 Å². The van der Waals surface area contributed by atoms with E-state index >= 15 is 0 Å². The molecule has 1 fully saturated rings. The van der Waals surface area contributed by atoms with Gasteiger partial charge in [-0.25, -0.2) is 17.1 Å². The number of sulfonamides is 1. The molecule has 7 heteroatoms. The quantitative estimate of drug-likeness (QED) is 0.797. The standard InChI is InChI=1S/C15H21FN2O3S/c1-17(2)22(20,21)10-14(19)18(3)15(11-4-5-11)12-6-8-13(16)9-7-12/h6-9,11,15H,4-5,10H2,1-3H3. The fourth-order valence-electron chi connectivity index (χ4n) is 2.43. The third kappa shape index (κ3) is 3.84. The van der Waals surface area contributed by atoms with Gasteiger partial charge in [0.25, 0.3) is 0 Å². The molecule has 1 aliphatic rings. The predicted molar refractivity (Wildman–Crippen MR) is 82.1 cm³/mol. The second-order valence-corrected chi connectivity index (χ2v) is 8.06. The monoisotopic (exact) mass is 328 g/mol. The molecule has 1 aliphatic carbocycles. The first-order chi connectivity index (χ1) is 10.2. The topological polar surface area (TPSA) is 57.7 Å². The molecule has 1 aromatic rings. The van der Waals surface area contributed by atoms with Crippen LogP contribution in [0.3, 0.4) is 0 Å². The number of amides is 1. The highest BCUT2D eigenvalue weighted by atomic mass is 32.2. The third-order valence-electron chi connectivity index (χ3n) is 3.95. The van der Waals surface area contributed by atoms with E-state index in [4.69, 9.17) is 0 Å². The van der Waals surface area contributed by atoms with Crippen LogP contribution in [0.4, 0.5) is 4.39 Å². The number of carbonyl (C=O) groups excluding carboxylic acids is 1. The van der Waals surface area contributed by atoms with Gasteiger partial charge in [-0.15, -0.1) is 0 Å². The molecule has 0 radical (unpaired) electrons. The van der Waals surface area contributed by atoms with E-state index in [1.54, 1.807) is 19.2 Å². The van der Waals surface area contributed by atoms with Crippen molar-refractivity contribution >= 4 is 15.9 Å². The molecule has 0 N–H and O–H groups in total. The normalized spacial score (nSPS) is 16.6. The van der Waals surface area contributed by atoms with Crippen molar-refractivity contribution in [3.05, 3.63) is 35.6 Å². The van der Waals surface area contributed by atoms with Gasteiger partial charge in [-0.3, -0.25) is 4.79 Å². The lowest BCUT2D eigenvalue weighted by molar-refractivity contribution is -0.129. The Balaban J connectivity index is 2.18. The average molecular weight is 328 g/mol. The molecule has 122 valence electrons. The number of hydrogen-bond donors (Lipinski definition) is 0. The fourth-order valence-corrected chi connectivity index (χ4v) is 3.20. The summed E-state index contributed by atoms with van der Waals surface area (Å²) in [5, 5.41) is 0. The molecule has 1 amide bonds. The van der Waals surface area contributed by atoms with Crippen LogP contribution in [0, 0.1) is 11.7 Å². The molecule has 1 aromatic carbocycles. The maximum atomic E-state index is 13.1. The number of carbonyl (C=O) groups is 1. The maximum absolute atomic E-state index is 13.1. The van der Waals surface area contributed by atoms with Crippen molar-refractivity contribution in [3.8, 4) is 0 Å². The molecule has 0 aromatic heterocycles. The minimum Gasteiger partial charge on any atom is -0.338 e. The summed E-state index contributed by atoms with van der Waals surface area (Å²) in [6, 6.07) is 5.83. The molecule has 1 saturated carbocycles. The van der Waals surface area contributed by atoms with Crippen molar-refractivity contribution in [2.75, 3.05) is 26.9 Å². The predicted octanol–water partition coefficient (Wildman–Crippen LogP) is 1.63. The maximum Gasteiger partial charge on any atom is 0.239 e. The lowest BCUT2D eigenvalue weighted by Gasteiger charge is -2.29. The fraction of sp³-hybridized carbons (Fsp3) is 0.533. The van der Waals surface area contributed by atoms with Gasteiger partial charge in [0.1, 0.15) is 11.6 Å². The van der Waals surface area contributed by atoms with E-state index in [0.717, 1.165) is 22.7 Å². The minimum absolute atomic E-state index is 0.203. The molecule has 0 bridgehead atoms. The number of nitrogens with zero attached hydrogens (tertiary/aromatic N) is 2. The molecule has 0 heterocycles. The van der Waals surface area contributed by atoms with Gasteiger partial charge in [0.05, 0.1) is 6.04 Å². The van der Waals surface area contributed by atoms with E-state index in [0.29, 0.717) is 5.92 Å². The first-order valence-electron chi connectivity index (χ1n) is 7.13. The van der Waals surface area contributed by atoms with Crippen molar-refractivity contribution in [3.63, 3.8) is 0 Å². The second-order valence-electron chi connectivity index (χ2n) is 5.88. The Kier molecular flexibility index (Phi) is 4.87. The zero-order chi connectivity index (χ0) is 16.5. The zero-order valence-corrected chi connectivity index (χ0v) is 13.8. The Morgan fingerprint density at radius 3 is 2.23 bits per heavy atom. The summed E-state index contributed by atoms with van der Waals surface area (Å²) in [4.78, 5) is 13.8. The summed E-state index contributed by atoms with van der Waals surface area (Å²) in [7, 11) is 0.830. The van der Waals surface area contributed by atoms with E-state index in [2.05, 4.69) is 0 Å². The lowest BCUT2D eigenvalue weighted by Crippen LogP contribution is -2.39. The van der Waals surface area contributed by atoms with Gasteiger partial charge in [-0.05, 0) is 36.5 Å². The van der Waals surface area contributed by atoms with Crippen molar-refractivity contribution in [2.24, 2.45) is 5.92 Å². The van der Waals surface area contributed by atoms with Crippen LogP contribution in [0.2, 0.25) is 0 Å². The zero-order valence-electron chi connectivity index (χ0n) is 13.0. The van der Waals surface area contributed by atoms with Gasteiger partial charge in [-0.1, -0.05) is 12.1 Å². The molecule has 0 spiro atoms. The van der Waals surface area contributed by atoms with Crippen molar-refractivity contribution < 1.29 is 17.6 Å². The van der Waals surface area contributed by atoms with E-state index in [9.17, 15) is 17.6 Å². The van der Waals surface area contributed by atoms with Gasteiger partial charge < -0.3 is 4.90 Å². The number of benzene rings is 1. The van der Waals surface area contributed by atoms with E-state index in [1.165, 1.54) is 31.1 Å². The summed E-state index contributed by atoms with van der Waals surface area (Å²) in [5.74, 6) is -1.03. The summed E-state index contributed by atoms with van der Waals surface area (Å²) in [6.45, 7) is 0. The minimum atomic E-state index is -3.59. The van der Waals surface area contributed by atoms with Gasteiger partial charge in [0.2, 0.25) is 15.9 Å². The molecule has 1 unspecified atom stereocenters. The van der Waals surface area contributed by atoms with Gasteiger partial charge >= 0.3 is 0 Å². The lowest BCUT2D eigenvalue weighted by atomic mass is 10.0. The van der Waals surface area contributed by atoms with Crippen LogP contribution in [0.1, 0.15) is 24.4 Å². The molecular formula is C15H21FN2O3S. The molecule has 22 heavy (non-hydrogen) atoms. The molecule has 1 atom stereocenters. The van der Waals surface area contributed by atoms with Crippen LogP contribution in [-0.2, 0) is 14.8 Å². The summed E-state index contributed by atoms with van der Waals surface area (Å²) < 4.78 is 37.8. The van der Waals surface area contributed by atoms with Crippen molar-refractivity contribution in [2.45, 2.75) is 18.9 Å². The van der Waals surface area contributed by atoms with Crippen LogP contribution in [0.15, 0.2) is 24.3 Å².